The van der Waals surface area contributed by atoms with Crippen LogP contribution in [-0.4, -0.2) is 6.61 Å². The smallest absolute Gasteiger partial charge is 0.134 e. The fourth-order valence-corrected chi connectivity index (χ4v) is 2.84. The molecular weight excluding hydrogens is 301 g/mol. The SMILES string of the molecule is Fc1cc(F)c(C(Cl)c2ccc3c(c2)CCCO3)c(F)c1. The quantitative estimate of drug-likeness (QED) is 0.727. The van der Waals surface area contributed by atoms with Crippen LogP contribution >= 0.6 is 11.6 Å². The van der Waals surface area contributed by atoms with Crippen LogP contribution in [0.3, 0.4) is 0 Å². The minimum Gasteiger partial charge on any atom is -0.493 e. The van der Waals surface area contributed by atoms with Gasteiger partial charge >= 0.3 is 0 Å². The summed E-state index contributed by atoms with van der Waals surface area (Å²) < 4.78 is 46.0. The van der Waals surface area contributed by atoms with Crippen LogP contribution in [0.1, 0.15) is 28.5 Å². The van der Waals surface area contributed by atoms with E-state index < -0.39 is 22.8 Å². The Morgan fingerprint density at radius 1 is 1.05 bits per heavy atom. The Morgan fingerprint density at radius 3 is 2.48 bits per heavy atom. The maximum Gasteiger partial charge on any atom is 0.134 e. The first kappa shape index (κ1) is 14.3. The predicted molar refractivity (Wildman–Crippen MR) is 74.3 cm³/mol. The number of fused-ring (bicyclic) bond motifs is 1. The average Bonchev–Trinajstić information content (AvgIpc) is 2.45. The largest absolute Gasteiger partial charge is 0.493 e. The first-order valence-electron chi connectivity index (χ1n) is 6.60. The zero-order chi connectivity index (χ0) is 15.0. The standard InChI is InChI=1S/C16H12ClF3O/c17-16(15-12(19)7-11(18)8-13(15)20)10-3-4-14-9(6-10)2-1-5-21-14/h3-4,6-8,16H,1-2,5H2. The van der Waals surface area contributed by atoms with Crippen molar-refractivity contribution in [2.75, 3.05) is 6.61 Å². The van der Waals surface area contributed by atoms with E-state index in [0.717, 1.165) is 24.2 Å². The second-order valence-electron chi connectivity index (χ2n) is 4.96. The first-order valence-corrected chi connectivity index (χ1v) is 7.04. The summed E-state index contributed by atoms with van der Waals surface area (Å²) in [7, 11) is 0. The second kappa shape index (κ2) is 5.60. The van der Waals surface area contributed by atoms with Crippen molar-refractivity contribution < 1.29 is 17.9 Å². The Kier molecular flexibility index (Phi) is 3.81. The number of benzene rings is 2. The summed E-state index contributed by atoms with van der Waals surface area (Å²) in [5.74, 6) is -2.16. The third-order valence-electron chi connectivity index (χ3n) is 3.52. The highest BCUT2D eigenvalue weighted by molar-refractivity contribution is 6.22. The summed E-state index contributed by atoms with van der Waals surface area (Å²) in [4.78, 5) is 0. The molecule has 3 rings (SSSR count). The molecule has 0 fully saturated rings. The molecule has 1 nitrogen and oxygen atoms in total. The van der Waals surface area contributed by atoms with Crippen molar-refractivity contribution >= 4 is 11.6 Å². The van der Waals surface area contributed by atoms with Gasteiger partial charge in [0, 0.05) is 17.7 Å². The number of halogens is 4. The van der Waals surface area contributed by atoms with E-state index >= 15 is 0 Å². The molecule has 0 aromatic heterocycles. The molecule has 0 spiro atoms. The van der Waals surface area contributed by atoms with Crippen molar-refractivity contribution in [2.45, 2.75) is 18.2 Å². The van der Waals surface area contributed by atoms with Gasteiger partial charge in [0.25, 0.3) is 0 Å². The van der Waals surface area contributed by atoms with Crippen LogP contribution in [0.4, 0.5) is 13.2 Å². The van der Waals surface area contributed by atoms with Crippen molar-refractivity contribution in [2.24, 2.45) is 0 Å². The van der Waals surface area contributed by atoms with Gasteiger partial charge in [-0.05, 0) is 30.0 Å². The minimum atomic E-state index is -1.02. The van der Waals surface area contributed by atoms with E-state index in [4.69, 9.17) is 16.3 Å². The van der Waals surface area contributed by atoms with E-state index in [1.54, 1.807) is 18.2 Å². The van der Waals surface area contributed by atoms with Gasteiger partial charge in [0.1, 0.15) is 23.2 Å². The maximum atomic E-state index is 13.8. The van der Waals surface area contributed by atoms with Crippen LogP contribution in [0.15, 0.2) is 30.3 Å². The van der Waals surface area contributed by atoms with Gasteiger partial charge in [-0.2, -0.15) is 0 Å². The third-order valence-corrected chi connectivity index (χ3v) is 3.99. The summed E-state index contributed by atoms with van der Waals surface area (Å²) in [5, 5.41) is -1.02. The topological polar surface area (TPSA) is 9.23 Å². The second-order valence-corrected chi connectivity index (χ2v) is 5.40. The highest BCUT2D eigenvalue weighted by atomic mass is 35.5. The Balaban J connectivity index is 2.01. The molecule has 0 aliphatic carbocycles. The van der Waals surface area contributed by atoms with Gasteiger partial charge in [0.15, 0.2) is 0 Å². The van der Waals surface area contributed by atoms with Gasteiger partial charge in [-0.3, -0.25) is 0 Å². The van der Waals surface area contributed by atoms with Gasteiger partial charge in [-0.1, -0.05) is 12.1 Å². The zero-order valence-corrected chi connectivity index (χ0v) is 11.8. The Labute approximate surface area is 125 Å². The highest BCUT2D eigenvalue weighted by Crippen LogP contribution is 2.36. The number of hydrogen-bond donors (Lipinski definition) is 0. The summed E-state index contributed by atoms with van der Waals surface area (Å²) in [6.45, 7) is 0.665. The van der Waals surface area contributed by atoms with Crippen molar-refractivity contribution in [1.29, 1.82) is 0 Å². The van der Waals surface area contributed by atoms with Gasteiger partial charge in [-0.15, -0.1) is 11.6 Å². The van der Waals surface area contributed by atoms with Crippen molar-refractivity contribution in [3.05, 3.63) is 64.5 Å². The summed E-state index contributed by atoms with van der Waals surface area (Å²) >= 11 is 6.19. The predicted octanol–water partition coefficient (Wildman–Crippen LogP) is 4.76. The molecule has 0 saturated heterocycles. The van der Waals surface area contributed by atoms with E-state index in [1.807, 2.05) is 0 Å². The van der Waals surface area contributed by atoms with Crippen LogP contribution in [-0.2, 0) is 6.42 Å². The highest BCUT2D eigenvalue weighted by Gasteiger charge is 2.22. The normalized spacial score (nSPS) is 15.2. The van der Waals surface area contributed by atoms with Crippen molar-refractivity contribution in [3.8, 4) is 5.75 Å². The van der Waals surface area contributed by atoms with Gasteiger partial charge < -0.3 is 4.74 Å². The summed E-state index contributed by atoms with van der Waals surface area (Å²) in [5.41, 5.74) is 1.19. The van der Waals surface area contributed by atoms with E-state index in [0.29, 0.717) is 24.3 Å². The minimum absolute atomic E-state index is 0.338. The molecule has 21 heavy (non-hydrogen) atoms. The molecule has 0 saturated carbocycles. The molecule has 1 heterocycles. The molecule has 1 aliphatic heterocycles. The first-order chi connectivity index (χ1) is 10.1. The van der Waals surface area contributed by atoms with Crippen LogP contribution < -0.4 is 4.74 Å². The van der Waals surface area contributed by atoms with E-state index in [1.165, 1.54) is 0 Å². The lowest BCUT2D eigenvalue weighted by Gasteiger charge is -2.19. The Bertz CT molecular complexity index is 664. The lowest BCUT2D eigenvalue weighted by atomic mass is 9.98. The molecule has 5 heteroatoms. The summed E-state index contributed by atoms with van der Waals surface area (Å²) in [6, 6.07) is 6.47. The van der Waals surface area contributed by atoms with Crippen LogP contribution in [0.25, 0.3) is 0 Å². The van der Waals surface area contributed by atoms with Crippen LogP contribution in [0, 0.1) is 17.5 Å². The molecule has 0 bridgehead atoms. The molecule has 1 aliphatic rings. The Morgan fingerprint density at radius 2 is 1.76 bits per heavy atom. The molecule has 1 atom stereocenters. The molecule has 110 valence electrons. The van der Waals surface area contributed by atoms with Gasteiger partial charge in [0.05, 0.1) is 12.0 Å². The molecule has 0 radical (unpaired) electrons. The van der Waals surface area contributed by atoms with E-state index in [2.05, 4.69) is 0 Å². The van der Waals surface area contributed by atoms with E-state index in [-0.39, 0.29) is 5.56 Å². The van der Waals surface area contributed by atoms with Crippen LogP contribution in [0.2, 0.25) is 0 Å². The van der Waals surface area contributed by atoms with Gasteiger partial charge in [0.2, 0.25) is 0 Å². The number of hydrogen-bond acceptors (Lipinski definition) is 1. The molecule has 1 unspecified atom stereocenters. The Hall–Kier alpha value is -1.68. The molecular formula is C16H12ClF3O. The fraction of sp³-hybridized carbons (Fsp3) is 0.250. The molecule has 2 aromatic carbocycles. The van der Waals surface area contributed by atoms with E-state index in [9.17, 15) is 13.2 Å². The maximum absolute atomic E-state index is 13.8. The zero-order valence-electron chi connectivity index (χ0n) is 11.0. The number of alkyl halides is 1. The number of ether oxygens (including phenoxy) is 1. The van der Waals surface area contributed by atoms with Crippen molar-refractivity contribution in [1.82, 2.24) is 0 Å². The fourth-order valence-electron chi connectivity index (χ4n) is 2.50. The molecule has 0 N–H and O–H groups in total. The molecule has 2 aromatic rings. The third kappa shape index (κ3) is 2.72. The number of aryl methyl sites for hydroxylation is 1. The van der Waals surface area contributed by atoms with Gasteiger partial charge in [-0.25, -0.2) is 13.2 Å². The lowest BCUT2D eigenvalue weighted by molar-refractivity contribution is 0.288. The van der Waals surface area contributed by atoms with Crippen molar-refractivity contribution in [3.63, 3.8) is 0 Å². The molecule has 0 amide bonds. The van der Waals surface area contributed by atoms with Crippen LogP contribution in [0.5, 0.6) is 5.75 Å². The monoisotopic (exact) mass is 312 g/mol. The summed E-state index contributed by atoms with van der Waals surface area (Å²) in [6.07, 6.45) is 1.73. The number of rotatable bonds is 2. The average molecular weight is 313 g/mol. The lowest BCUT2D eigenvalue weighted by Crippen LogP contribution is -2.09.